The smallest absolute Gasteiger partial charge is 0.408 e. The van der Waals surface area contributed by atoms with Gasteiger partial charge in [0.15, 0.2) is 0 Å². The highest BCUT2D eigenvalue weighted by molar-refractivity contribution is 5.82. The van der Waals surface area contributed by atoms with Crippen LogP contribution in [0.5, 0.6) is 0 Å². The largest absolute Gasteiger partial charge is 0.440 e. The Morgan fingerprint density at radius 3 is 2.58 bits per heavy atom. The summed E-state index contributed by atoms with van der Waals surface area (Å²) in [4.78, 5) is 28.4. The Morgan fingerprint density at radius 1 is 1.16 bits per heavy atom. The number of likely N-dealkylation sites (tertiary alicyclic amines) is 1. The van der Waals surface area contributed by atoms with E-state index in [1.54, 1.807) is 0 Å². The molecule has 0 spiro atoms. The molecule has 210 valence electrons. The number of carbonyl (C=O) groups is 2. The molecular formula is C30H45N3O5. The molecule has 0 bridgehead atoms. The summed E-state index contributed by atoms with van der Waals surface area (Å²) in [7, 11) is 0. The normalized spacial score (nSPS) is 27.6. The number of aliphatic hydroxyl groups is 1. The highest BCUT2D eigenvalue weighted by Crippen LogP contribution is 2.39. The molecule has 0 unspecified atom stereocenters. The van der Waals surface area contributed by atoms with Crippen LogP contribution in [0.4, 0.5) is 4.79 Å². The number of carbonyl (C=O) groups excluding carboxylic acids is 2. The van der Waals surface area contributed by atoms with Crippen molar-refractivity contribution in [3.63, 3.8) is 0 Å². The van der Waals surface area contributed by atoms with Gasteiger partial charge in [-0.1, -0.05) is 55.7 Å². The maximum atomic E-state index is 13.4. The standard InChI is InChI=1S/C30H45N3O5/c1-30(2,3)32-28(35)26-17-22-12-7-8-13-23(22)18-33(26)19-27(34)25(16-21-10-5-4-6-11-21)31-29(36)38-24-14-9-15-37-20-24/h4-6,9-11,14,22-27,34H,7-8,12-13,15-20H2,1-3H3,(H,31,36)(H,32,35)/t22-,23+,24+,25-,26-,27+/m0/s1. The molecule has 1 aliphatic carbocycles. The summed E-state index contributed by atoms with van der Waals surface area (Å²) in [6.07, 6.45) is 7.78. The van der Waals surface area contributed by atoms with Crippen molar-refractivity contribution in [2.45, 2.75) is 89.1 Å². The van der Waals surface area contributed by atoms with Crippen molar-refractivity contribution in [2.75, 3.05) is 26.3 Å². The van der Waals surface area contributed by atoms with Crippen LogP contribution in [0.25, 0.3) is 0 Å². The van der Waals surface area contributed by atoms with Gasteiger partial charge in [-0.2, -0.15) is 0 Å². The van der Waals surface area contributed by atoms with Gasteiger partial charge in [0.2, 0.25) is 5.91 Å². The van der Waals surface area contributed by atoms with Gasteiger partial charge in [-0.05, 0) is 63.5 Å². The molecule has 1 saturated carbocycles. The number of hydrogen-bond donors (Lipinski definition) is 3. The highest BCUT2D eigenvalue weighted by atomic mass is 16.6. The number of aliphatic hydroxyl groups excluding tert-OH is 1. The first-order chi connectivity index (χ1) is 18.2. The number of hydrogen-bond acceptors (Lipinski definition) is 6. The van der Waals surface area contributed by atoms with Crippen LogP contribution in [0.1, 0.15) is 58.4 Å². The molecule has 4 rings (SSSR count). The van der Waals surface area contributed by atoms with E-state index < -0.39 is 24.3 Å². The first kappa shape index (κ1) is 28.6. The fourth-order valence-corrected chi connectivity index (χ4v) is 6.06. The van der Waals surface area contributed by atoms with Gasteiger partial charge < -0.3 is 25.2 Å². The van der Waals surface area contributed by atoms with Crippen molar-refractivity contribution in [1.29, 1.82) is 0 Å². The minimum Gasteiger partial charge on any atom is -0.440 e. The van der Waals surface area contributed by atoms with E-state index in [0.717, 1.165) is 18.5 Å². The minimum absolute atomic E-state index is 0.0183. The van der Waals surface area contributed by atoms with Crippen LogP contribution in [0, 0.1) is 11.8 Å². The Morgan fingerprint density at radius 2 is 1.89 bits per heavy atom. The summed E-state index contributed by atoms with van der Waals surface area (Å²) in [5.74, 6) is 1.11. The minimum atomic E-state index is -0.883. The molecule has 2 aliphatic heterocycles. The third kappa shape index (κ3) is 8.29. The average Bonchev–Trinajstić information content (AvgIpc) is 2.88. The van der Waals surface area contributed by atoms with Crippen molar-refractivity contribution < 1.29 is 24.2 Å². The summed E-state index contributed by atoms with van der Waals surface area (Å²) >= 11 is 0. The Balaban J connectivity index is 1.48. The summed E-state index contributed by atoms with van der Waals surface area (Å²) in [5, 5.41) is 17.6. The van der Waals surface area contributed by atoms with Gasteiger partial charge in [0.05, 0.1) is 31.4 Å². The lowest BCUT2D eigenvalue weighted by atomic mass is 9.72. The molecule has 0 aromatic heterocycles. The Labute approximate surface area is 227 Å². The molecule has 2 heterocycles. The van der Waals surface area contributed by atoms with E-state index in [1.807, 2.05) is 63.3 Å². The van der Waals surface area contributed by atoms with Crippen LogP contribution in [0.15, 0.2) is 42.5 Å². The molecule has 8 nitrogen and oxygen atoms in total. The Hall–Kier alpha value is -2.42. The van der Waals surface area contributed by atoms with Crippen LogP contribution < -0.4 is 10.6 Å². The SMILES string of the molecule is CC(C)(C)NC(=O)[C@@H]1C[C@@H]2CCCC[C@@H]2CN1C[C@@H](O)[C@H](Cc1ccccc1)NC(=O)O[C@@H]1C=CCOC1. The number of ether oxygens (including phenoxy) is 2. The van der Waals surface area contributed by atoms with Gasteiger partial charge in [0.1, 0.15) is 6.10 Å². The number of nitrogens with one attached hydrogen (secondary N) is 2. The van der Waals surface area contributed by atoms with E-state index >= 15 is 0 Å². The molecule has 2 fully saturated rings. The summed E-state index contributed by atoms with van der Waals surface area (Å²) in [6.45, 7) is 7.90. The maximum Gasteiger partial charge on any atom is 0.408 e. The molecule has 38 heavy (non-hydrogen) atoms. The number of amides is 2. The van der Waals surface area contributed by atoms with Gasteiger partial charge in [0, 0.05) is 18.6 Å². The molecule has 1 aromatic rings. The van der Waals surface area contributed by atoms with Crippen molar-refractivity contribution in [1.82, 2.24) is 15.5 Å². The number of β-amino-alcohol motifs (C(OH)–C–C–N with tert-alkyl or cyclic N) is 1. The number of rotatable bonds is 8. The summed E-state index contributed by atoms with van der Waals surface area (Å²) in [5.41, 5.74) is 0.675. The number of benzene rings is 1. The second kappa shape index (κ2) is 13.1. The third-order valence-electron chi connectivity index (χ3n) is 7.90. The predicted molar refractivity (Wildman–Crippen MR) is 147 cm³/mol. The fourth-order valence-electron chi connectivity index (χ4n) is 6.06. The van der Waals surface area contributed by atoms with Crippen LogP contribution >= 0.6 is 0 Å². The molecule has 0 radical (unpaired) electrons. The molecule has 3 N–H and O–H groups in total. The first-order valence-electron chi connectivity index (χ1n) is 14.2. The number of alkyl carbamates (subject to hydrolysis) is 1. The Kier molecular flexibility index (Phi) is 9.85. The monoisotopic (exact) mass is 527 g/mol. The summed E-state index contributed by atoms with van der Waals surface area (Å²) in [6, 6.07) is 8.93. The van der Waals surface area contributed by atoms with Crippen LogP contribution in [-0.4, -0.2) is 78.1 Å². The molecule has 2 amide bonds. The van der Waals surface area contributed by atoms with E-state index in [2.05, 4.69) is 15.5 Å². The number of piperidine rings is 1. The highest BCUT2D eigenvalue weighted by Gasteiger charge is 2.41. The fraction of sp³-hybridized carbons (Fsp3) is 0.667. The van der Waals surface area contributed by atoms with E-state index in [-0.39, 0.29) is 17.5 Å². The maximum absolute atomic E-state index is 13.4. The van der Waals surface area contributed by atoms with Crippen molar-refractivity contribution in [3.05, 3.63) is 48.0 Å². The van der Waals surface area contributed by atoms with Crippen molar-refractivity contribution >= 4 is 12.0 Å². The van der Waals surface area contributed by atoms with Crippen LogP contribution in [-0.2, 0) is 20.7 Å². The lowest BCUT2D eigenvalue weighted by Crippen LogP contribution is -2.60. The van der Waals surface area contributed by atoms with Gasteiger partial charge in [-0.3, -0.25) is 9.69 Å². The predicted octanol–water partition coefficient (Wildman–Crippen LogP) is 3.44. The van der Waals surface area contributed by atoms with Crippen LogP contribution in [0.3, 0.4) is 0 Å². The number of fused-ring (bicyclic) bond motifs is 1. The Bertz CT molecular complexity index is 947. The second-order valence-corrected chi connectivity index (χ2v) is 12.2. The molecule has 1 saturated heterocycles. The third-order valence-corrected chi connectivity index (χ3v) is 7.90. The van der Waals surface area contributed by atoms with E-state index in [9.17, 15) is 14.7 Å². The molecule has 1 aromatic carbocycles. The van der Waals surface area contributed by atoms with Crippen molar-refractivity contribution in [3.8, 4) is 0 Å². The molecule has 3 aliphatic rings. The zero-order valence-electron chi connectivity index (χ0n) is 23.1. The molecular weight excluding hydrogens is 482 g/mol. The van der Waals surface area contributed by atoms with E-state index in [1.165, 1.54) is 25.7 Å². The lowest BCUT2D eigenvalue weighted by Gasteiger charge is -2.47. The second-order valence-electron chi connectivity index (χ2n) is 12.2. The lowest BCUT2D eigenvalue weighted by molar-refractivity contribution is -0.132. The zero-order chi connectivity index (χ0) is 27.1. The first-order valence-corrected chi connectivity index (χ1v) is 14.2. The average molecular weight is 528 g/mol. The van der Waals surface area contributed by atoms with Crippen molar-refractivity contribution in [2.24, 2.45) is 11.8 Å². The topological polar surface area (TPSA) is 100 Å². The quantitative estimate of drug-likeness (QED) is 0.448. The van der Waals surface area contributed by atoms with Gasteiger partial charge in [0.25, 0.3) is 0 Å². The summed E-state index contributed by atoms with van der Waals surface area (Å²) < 4.78 is 10.9. The van der Waals surface area contributed by atoms with Gasteiger partial charge >= 0.3 is 6.09 Å². The molecule has 6 atom stereocenters. The van der Waals surface area contributed by atoms with E-state index in [0.29, 0.717) is 38.0 Å². The molecule has 8 heteroatoms. The van der Waals surface area contributed by atoms with Gasteiger partial charge in [-0.25, -0.2) is 4.79 Å². The number of nitrogens with zero attached hydrogens (tertiary/aromatic N) is 1. The van der Waals surface area contributed by atoms with E-state index in [4.69, 9.17) is 9.47 Å². The zero-order valence-corrected chi connectivity index (χ0v) is 23.1. The van der Waals surface area contributed by atoms with Gasteiger partial charge in [-0.15, -0.1) is 0 Å². The van der Waals surface area contributed by atoms with Crippen LogP contribution in [0.2, 0.25) is 0 Å².